The van der Waals surface area contributed by atoms with Crippen molar-refractivity contribution in [2.45, 2.75) is 18.6 Å². The normalized spacial score (nSPS) is 13.3. The summed E-state index contributed by atoms with van der Waals surface area (Å²) in [5.74, 6) is 0.470. The number of hydrogen-bond donors (Lipinski definition) is 0. The molecule has 0 N–H and O–H groups in total. The molecule has 72 valence electrons. The Hall–Kier alpha value is -0.343. The van der Waals surface area contributed by atoms with Crippen LogP contribution in [-0.2, 0) is 0 Å². The maximum Gasteiger partial charge on any atom is 0.123 e. The van der Waals surface area contributed by atoms with Crippen LogP contribution >= 0.6 is 11.6 Å². The minimum Gasteiger partial charge on any atom is -0.207 e. The van der Waals surface area contributed by atoms with Gasteiger partial charge < -0.3 is 0 Å². The van der Waals surface area contributed by atoms with Crippen LogP contribution in [-0.4, -0.2) is 14.7 Å². The summed E-state index contributed by atoms with van der Waals surface area (Å²) in [6, 6.07) is 6.70. The van der Waals surface area contributed by atoms with Crippen LogP contribution in [0.25, 0.3) is 0 Å². The smallest absolute Gasteiger partial charge is 0.123 e. The molecular formula is C10H14ClFSi. The molecule has 0 aliphatic carbocycles. The molecule has 0 aromatic heterocycles. The van der Waals surface area contributed by atoms with Gasteiger partial charge in [0.2, 0.25) is 0 Å². The molecule has 1 aromatic carbocycles. The van der Waals surface area contributed by atoms with Crippen LogP contribution in [0.1, 0.15) is 11.1 Å². The molecule has 0 amide bonds. The third-order valence-electron chi connectivity index (χ3n) is 2.27. The Morgan fingerprint density at radius 3 is 2.23 bits per heavy atom. The number of benzene rings is 1. The van der Waals surface area contributed by atoms with E-state index in [1.807, 2.05) is 12.1 Å². The Balaban J connectivity index is 2.86. The monoisotopic (exact) mass is 216 g/mol. The maximum absolute atomic E-state index is 12.6. The SMILES string of the molecule is C[SiH](C)C(CCl)c1ccc(F)cc1. The van der Waals surface area contributed by atoms with Crippen LogP contribution in [0.15, 0.2) is 24.3 Å². The maximum atomic E-state index is 12.6. The van der Waals surface area contributed by atoms with Crippen molar-refractivity contribution in [1.29, 1.82) is 0 Å². The molecule has 13 heavy (non-hydrogen) atoms. The molecular weight excluding hydrogens is 203 g/mol. The van der Waals surface area contributed by atoms with Gasteiger partial charge in [-0.3, -0.25) is 0 Å². The van der Waals surface area contributed by atoms with Crippen LogP contribution in [0.5, 0.6) is 0 Å². The second-order valence-electron chi connectivity index (χ2n) is 3.56. The molecule has 1 unspecified atom stereocenters. The first-order valence-corrected chi connectivity index (χ1v) is 7.97. The molecule has 0 aliphatic heterocycles. The topological polar surface area (TPSA) is 0 Å². The van der Waals surface area contributed by atoms with E-state index in [1.165, 1.54) is 17.7 Å². The Morgan fingerprint density at radius 2 is 1.85 bits per heavy atom. The van der Waals surface area contributed by atoms with Crippen LogP contribution < -0.4 is 0 Å². The van der Waals surface area contributed by atoms with E-state index in [2.05, 4.69) is 13.1 Å². The van der Waals surface area contributed by atoms with Crippen molar-refractivity contribution in [3.05, 3.63) is 35.6 Å². The average molecular weight is 217 g/mol. The van der Waals surface area contributed by atoms with Crippen molar-refractivity contribution in [1.82, 2.24) is 0 Å². The predicted octanol–water partition coefficient (Wildman–Crippen LogP) is 3.17. The van der Waals surface area contributed by atoms with E-state index in [9.17, 15) is 4.39 Å². The highest BCUT2D eigenvalue weighted by Gasteiger charge is 2.15. The fourth-order valence-corrected chi connectivity index (χ4v) is 3.96. The molecule has 3 heteroatoms. The molecule has 1 rings (SSSR count). The second-order valence-corrected chi connectivity index (χ2v) is 7.16. The van der Waals surface area contributed by atoms with Crippen molar-refractivity contribution in [2.24, 2.45) is 0 Å². The predicted molar refractivity (Wildman–Crippen MR) is 58.7 cm³/mol. The van der Waals surface area contributed by atoms with Gasteiger partial charge in [0.1, 0.15) is 5.82 Å². The van der Waals surface area contributed by atoms with Crippen molar-refractivity contribution in [3.8, 4) is 0 Å². The van der Waals surface area contributed by atoms with E-state index >= 15 is 0 Å². The summed E-state index contributed by atoms with van der Waals surface area (Å²) in [5.41, 5.74) is 1.64. The molecule has 0 fully saturated rings. The van der Waals surface area contributed by atoms with Gasteiger partial charge in [0, 0.05) is 14.7 Å². The van der Waals surface area contributed by atoms with Crippen molar-refractivity contribution in [3.63, 3.8) is 0 Å². The lowest BCUT2D eigenvalue weighted by Crippen LogP contribution is -2.17. The average Bonchev–Trinajstić information content (AvgIpc) is 2.09. The minimum absolute atomic E-state index is 0.178. The van der Waals surface area contributed by atoms with Crippen molar-refractivity contribution >= 4 is 20.4 Å². The van der Waals surface area contributed by atoms with E-state index in [0.717, 1.165) is 0 Å². The third kappa shape index (κ3) is 2.81. The fraction of sp³-hybridized carbons (Fsp3) is 0.400. The number of hydrogen-bond acceptors (Lipinski definition) is 0. The van der Waals surface area contributed by atoms with Gasteiger partial charge in [-0.15, -0.1) is 11.6 Å². The summed E-state index contributed by atoms with van der Waals surface area (Å²) < 4.78 is 12.6. The van der Waals surface area contributed by atoms with Crippen molar-refractivity contribution < 1.29 is 4.39 Å². The lowest BCUT2D eigenvalue weighted by molar-refractivity contribution is 0.627. The fourth-order valence-electron chi connectivity index (χ4n) is 1.36. The molecule has 0 saturated heterocycles. The first-order valence-electron chi connectivity index (χ1n) is 4.46. The molecule has 0 radical (unpaired) electrons. The van der Waals surface area contributed by atoms with E-state index in [-0.39, 0.29) is 5.82 Å². The Morgan fingerprint density at radius 1 is 1.31 bits per heavy atom. The van der Waals surface area contributed by atoms with Gasteiger partial charge in [-0.1, -0.05) is 25.2 Å². The summed E-state index contributed by atoms with van der Waals surface area (Å²) in [7, 11) is -0.782. The highest BCUT2D eigenvalue weighted by atomic mass is 35.5. The first kappa shape index (κ1) is 10.7. The van der Waals surface area contributed by atoms with Gasteiger partial charge in [-0.05, 0) is 23.2 Å². The van der Waals surface area contributed by atoms with E-state index in [0.29, 0.717) is 11.4 Å². The molecule has 1 aromatic rings. The molecule has 0 spiro atoms. The van der Waals surface area contributed by atoms with Gasteiger partial charge in [-0.25, -0.2) is 4.39 Å². The first-order chi connectivity index (χ1) is 6.15. The highest BCUT2D eigenvalue weighted by Crippen LogP contribution is 2.20. The van der Waals surface area contributed by atoms with E-state index in [1.54, 1.807) is 0 Å². The Kier molecular flexibility index (Phi) is 3.94. The van der Waals surface area contributed by atoms with Gasteiger partial charge in [0.15, 0.2) is 0 Å². The number of halogens is 2. The van der Waals surface area contributed by atoms with E-state index < -0.39 is 8.80 Å². The van der Waals surface area contributed by atoms with Crippen LogP contribution in [0.4, 0.5) is 4.39 Å². The zero-order chi connectivity index (χ0) is 9.84. The Bertz CT molecular complexity index is 258. The third-order valence-corrected chi connectivity index (χ3v) is 5.13. The summed E-state index contributed by atoms with van der Waals surface area (Å²) in [4.78, 5) is 0. The van der Waals surface area contributed by atoms with Crippen molar-refractivity contribution in [2.75, 3.05) is 5.88 Å². The summed E-state index contributed by atoms with van der Waals surface area (Å²) in [6.07, 6.45) is 0. The van der Waals surface area contributed by atoms with Crippen LogP contribution in [0.3, 0.4) is 0 Å². The van der Waals surface area contributed by atoms with Gasteiger partial charge in [-0.2, -0.15) is 0 Å². The van der Waals surface area contributed by atoms with Gasteiger partial charge >= 0.3 is 0 Å². The number of alkyl halides is 1. The van der Waals surface area contributed by atoms with Crippen LogP contribution in [0, 0.1) is 5.82 Å². The van der Waals surface area contributed by atoms with E-state index in [4.69, 9.17) is 11.6 Å². The molecule has 0 saturated carbocycles. The lowest BCUT2D eigenvalue weighted by Gasteiger charge is -2.16. The summed E-state index contributed by atoms with van der Waals surface area (Å²) in [6.45, 7) is 4.52. The summed E-state index contributed by atoms with van der Waals surface area (Å²) >= 11 is 5.88. The zero-order valence-electron chi connectivity index (χ0n) is 7.93. The van der Waals surface area contributed by atoms with Gasteiger partial charge in [0.25, 0.3) is 0 Å². The Labute approximate surface area is 85.3 Å². The zero-order valence-corrected chi connectivity index (χ0v) is 9.84. The quantitative estimate of drug-likeness (QED) is 0.538. The second kappa shape index (κ2) is 4.77. The molecule has 0 bridgehead atoms. The molecule has 1 atom stereocenters. The largest absolute Gasteiger partial charge is 0.207 e. The molecule has 0 nitrogen and oxygen atoms in total. The molecule has 0 aliphatic rings. The summed E-state index contributed by atoms with van der Waals surface area (Å²) in [5, 5.41) is 0. The van der Waals surface area contributed by atoms with Gasteiger partial charge in [0.05, 0.1) is 0 Å². The minimum atomic E-state index is -0.782. The van der Waals surface area contributed by atoms with Crippen LogP contribution in [0.2, 0.25) is 13.1 Å². The number of rotatable bonds is 3. The lowest BCUT2D eigenvalue weighted by atomic mass is 10.2. The standard InChI is InChI=1S/C10H14ClFSi/c1-13(2)10(7-11)8-3-5-9(12)6-4-8/h3-6,10,13H,7H2,1-2H3. The molecule has 0 heterocycles. The highest BCUT2D eigenvalue weighted by molar-refractivity contribution is 6.58.